The third-order valence-corrected chi connectivity index (χ3v) is 24.6. The first-order valence-electron chi connectivity index (χ1n) is 41.5. The van der Waals surface area contributed by atoms with E-state index in [2.05, 4.69) is 505 Å². The van der Waals surface area contributed by atoms with Gasteiger partial charge in [-0.3, -0.25) is 0 Å². The van der Waals surface area contributed by atoms with Gasteiger partial charge in [-0.15, -0.1) is 0 Å². The largest absolute Gasteiger partial charge is 0.310 e. The van der Waals surface area contributed by atoms with Gasteiger partial charge in [0.2, 0.25) is 0 Å². The lowest BCUT2D eigenvalue weighted by atomic mass is 9.82. The Morgan fingerprint density at radius 2 is 0.425 bits per heavy atom. The number of hydrogen-bond donors (Lipinski definition) is 0. The molecule has 0 bridgehead atoms. The van der Waals surface area contributed by atoms with E-state index in [9.17, 15) is 0 Å². The minimum Gasteiger partial charge on any atom is -0.310 e. The molecule has 6 heteroatoms. The molecule has 0 atom stereocenters. The van der Waals surface area contributed by atoms with Gasteiger partial charge < -0.3 is 28.7 Å². The van der Waals surface area contributed by atoms with Crippen LogP contribution in [0.15, 0.2) is 449 Å². The zero-order valence-corrected chi connectivity index (χ0v) is 67.4. The highest BCUT2D eigenvalue weighted by molar-refractivity contribution is 6.12. The predicted molar refractivity (Wildman–Crippen MR) is 506 cm³/mol. The van der Waals surface area contributed by atoms with Gasteiger partial charge in [-0.25, -0.2) is 0 Å². The summed E-state index contributed by atoms with van der Waals surface area (Å²) in [6, 6.07) is 163. The SMILES string of the molecule is CC1(C)c2ccccc2-c2ccc(N(c3ccccc3)c3cc(-c4ccc5c(c4)c4ccccc4n5-c4ccccc4)cc(N(c4ccccc4)c4ccc5c(c4)C(C)(C)c4ccccc4-5)c3)cc21.c1ccc(N(c2ccccc2)c2cc(-c3ccc4c(c3)c3ccccc3n4-c3ccccc3)cc(N(c3ccccc3)c3ccccc3)c2)cc1. The average Bonchev–Trinajstić information content (AvgIpc) is 1.61. The Hall–Kier alpha value is -15.2. The van der Waals surface area contributed by atoms with Crippen molar-refractivity contribution in [3.05, 3.63) is 471 Å². The van der Waals surface area contributed by atoms with Crippen molar-refractivity contribution >= 4 is 112 Å². The zero-order valence-electron chi connectivity index (χ0n) is 67.4. The number of rotatable bonds is 16. The number of aromatic nitrogens is 2. The van der Waals surface area contributed by atoms with E-state index in [-0.39, 0.29) is 10.8 Å². The van der Waals surface area contributed by atoms with Gasteiger partial charge in [0, 0.05) is 112 Å². The average molecular weight is 1540 g/mol. The Labute approximate surface area is 701 Å². The predicted octanol–water partition coefficient (Wildman–Crippen LogP) is 31.4. The van der Waals surface area contributed by atoms with Gasteiger partial charge in [0.25, 0.3) is 0 Å². The maximum Gasteiger partial charge on any atom is 0.0541 e. The van der Waals surface area contributed by atoms with Crippen molar-refractivity contribution in [3.63, 3.8) is 0 Å². The fourth-order valence-corrected chi connectivity index (χ4v) is 19.0. The van der Waals surface area contributed by atoms with E-state index >= 15 is 0 Å². The molecule has 22 rings (SSSR count). The maximum absolute atomic E-state index is 2.46. The molecule has 2 heterocycles. The summed E-state index contributed by atoms with van der Waals surface area (Å²) >= 11 is 0. The second-order valence-electron chi connectivity index (χ2n) is 32.5. The molecule has 18 aromatic carbocycles. The lowest BCUT2D eigenvalue weighted by Crippen LogP contribution is -2.17. The van der Waals surface area contributed by atoms with Crippen LogP contribution in [0.1, 0.15) is 49.9 Å². The molecule has 0 saturated carbocycles. The van der Waals surface area contributed by atoms with E-state index in [1.54, 1.807) is 0 Å². The standard InChI is InChI=1S/C66H51N3.C48H35N3/c1-65(2)59-29-17-14-26-53(59)55-35-33-49(42-61(55)65)67(46-20-8-5-9-21-46)51-38-45(44-32-37-64-58(40-44)57-28-16-19-31-63(57)69(64)48-24-12-7-13-25-48)39-52(41-51)68(47-22-10-6-11-23-47)50-34-36-56-54-27-15-18-30-60(54)66(3,4)62(56)43-50;1-6-18-38(19-7-1)49(39-20-8-2-9-21-39)43-32-37(33-44(35-43)50(40-22-10-3-11-23-40)41-24-12-4-13-25-41)36-30-31-48-46(34-36)45-28-16-17-29-47(45)51(48)42-26-14-5-15-27-42/h5-43H,1-4H3;1-35H. The molecule has 0 aliphatic heterocycles. The summed E-state index contributed by atoms with van der Waals surface area (Å²) in [6.45, 7) is 9.47. The Morgan fingerprint density at radius 1 is 0.167 bits per heavy atom. The van der Waals surface area contributed by atoms with Crippen LogP contribution in [0.5, 0.6) is 0 Å². The summed E-state index contributed by atoms with van der Waals surface area (Å²) in [5.41, 5.74) is 35.1. The summed E-state index contributed by atoms with van der Waals surface area (Å²) in [4.78, 5) is 9.61. The monoisotopic (exact) mass is 1540 g/mol. The van der Waals surface area contributed by atoms with Crippen molar-refractivity contribution in [2.45, 2.75) is 38.5 Å². The quantitative estimate of drug-likeness (QED) is 0.0962. The first-order chi connectivity index (χ1) is 59.1. The van der Waals surface area contributed by atoms with E-state index in [1.807, 2.05) is 0 Å². The molecule has 0 spiro atoms. The molecule has 0 fully saturated rings. The number of para-hydroxylation sites is 10. The van der Waals surface area contributed by atoms with Gasteiger partial charge in [0.05, 0.1) is 22.1 Å². The molecule has 120 heavy (non-hydrogen) atoms. The van der Waals surface area contributed by atoms with Gasteiger partial charge in [0.1, 0.15) is 0 Å². The highest BCUT2D eigenvalue weighted by Crippen LogP contribution is 2.55. The second kappa shape index (κ2) is 30.1. The molecule has 572 valence electrons. The van der Waals surface area contributed by atoms with Crippen molar-refractivity contribution in [2.75, 3.05) is 19.6 Å². The molecular formula is C114H86N6. The van der Waals surface area contributed by atoms with Crippen molar-refractivity contribution < 1.29 is 0 Å². The summed E-state index contributed by atoms with van der Waals surface area (Å²) < 4.78 is 4.77. The maximum atomic E-state index is 2.46. The second-order valence-corrected chi connectivity index (χ2v) is 32.5. The molecule has 0 unspecified atom stereocenters. The number of nitrogens with zero attached hydrogens (tertiary/aromatic N) is 6. The molecule has 0 N–H and O–H groups in total. The first-order valence-corrected chi connectivity index (χ1v) is 41.5. The third-order valence-electron chi connectivity index (χ3n) is 24.6. The normalized spacial score (nSPS) is 12.6. The van der Waals surface area contributed by atoms with Crippen molar-refractivity contribution in [3.8, 4) is 55.9 Å². The van der Waals surface area contributed by atoms with Crippen LogP contribution in [-0.4, -0.2) is 9.13 Å². The van der Waals surface area contributed by atoms with E-state index < -0.39 is 0 Å². The molecule has 2 aromatic heterocycles. The van der Waals surface area contributed by atoms with Crippen LogP contribution in [0.4, 0.5) is 68.2 Å². The molecule has 20 aromatic rings. The molecule has 2 aliphatic rings. The van der Waals surface area contributed by atoms with Gasteiger partial charge in [-0.1, -0.05) is 282 Å². The lowest BCUT2D eigenvalue weighted by Gasteiger charge is -2.32. The van der Waals surface area contributed by atoms with Gasteiger partial charge in [-0.2, -0.15) is 0 Å². The smallest absolute Gasteiger partial charge is 0.0541 e. The summed E-state index contributed by atoms with van der Waals surface area (Å²) in [5.74, 6) is 0. The molecule has 6 nitrogen and oxygen atoms in total. The van der Waals surface area contributed by atoms with Crippen LogP contribution in [0.2, 0.25) is 0 Å². The number of fused-ring (bicyclic) bond motifs is 12. The topological polar surface area (TPSA) is 22.8 Å². The Balaban J connectivity index is 0.000000155. The fraction of sp³-hybridized carbons (Fsp3) is 0.0526. The van der Waals surface area contributed by atoms with Crippen LogP contribution in [0.3, 0.4) is 0 Å². The number of hydrogen-bond acceptors (Lipinski definition) is 4. The van der Waals surface area contributed by atoms with Gasteiger partial charge in [-0.05, 0) is 261 Å². The van der Waals surface area contributed by atoms with Crippen LogP contribution in [0, 0.1) is 0 Å². The lowest BCUT2D eigenvalue weighted by molar-refractivity contribution is 0.660. The van der Waals surface area contributed by atoms with E-state index in [1.165, 1.54) is 88.1 Å². The Kier molecular flexibility index (Phi) is 18.2. The van der Waals surface area contributed by atoms with Crippen LogP contribution < -0.4 is 19.6 Å². The Morgan fingerprint density at radius 3 is 0.750 bits per heavy atom. The van der Waals surface area contributed by atoms with E-state index in [0.717, 1.165) is 102 Å². The number of anilines is 12. The molecule has 0 radical (unpaired) electrons. The van der Waals surface area contributed by atoms with Gasteiger partial charge in [0.15, 0.2) is 0 Å². The molecule has 2 aliphatic carbocycles. The van der Waals surface area contributed by atoms with Crippen LogP contribution in [-0.2, 0) is 10.8 Å². The highest BCUT2D eigenvalue weighted by Gasteiger charge is 2.38. The van der Waals surface area contributed by atoms with Crippen molar-refractivity contribution in [1.82, 2.24) is 9.13 Å². The first kappa shape index (κ1) is 72.5. The molecule has 0 amide bonds. The van der Waals surface area contributed by atoms with Gasteiger partial charge >= 0.3 is 0 Å². The van der Waals surface area contributed by atoms with Crippen LogP contribution in [0.25, 0.3) is 99.5 Å². The minimum atomic E-state index is -0.156. The van der Waals surface area contributed by atoms with Crippen molar-refractivity contribution in [1.29, 1.82) is 0 Å². The third kappa shape index (κ3) is 12.8. The molecular weight excluding hydrogens is 1450 g/mol. The van der Waals surface area contributed by atoms with Crippen LogP contribution >= 0.6 is 0 Å². The summed E-state index contributed by atoms with van der Waals surface area (Å²) in [6.07, 6.45) is 0. The highest BCUT2D eigenvalue weighted by atomic mass is 15.2. The zero-order chi connectivity index (χ0) is 80.4. The summed E-state index contributed by atoms with van der Waals surface area (Å²) in [5, 5.41) is 4.92. The van der Waals surface area contributed by atoms with Crippen molar-refractivity contribution in [2.24, 2.45) is 0 Å². The fourth-order valence-electron chi connectivity index (χ4n) is 19.0. The summed E-state index contributed by atoms with van der Waals surface area (Å²) in [7, 11) is 0. The minimum absolute atomic E-state index is 0.156. The number of benzene rings is 18. The van der Waals surface area contributed by atoms with E-state index in [4.69, 9.17) is 0 Å². The van der Waals surface area contributed by atoms with E-state index in [0.29, 0.717) is 0 Å². The molecule has 0 saturated heterocycles. The Bertz CT molecular complexity index is 6850.